The predicted molar refractivity (Wildman–Crippen MR) is 76.9 cm³/mol. The van der Waals surface area contributed by atoms with Crippen LogP contribution in [0, 0.1) is 13.8 Å². The van der Waals surface area contributed by atoms with Crippen LogP contribution in [-0.2, 0) is 4.79 Å². The Morgan fingerprint density at radius 2 is 1.89 bits per heavy atom. The first-order chi connectivity index (χ1) is 8.54. The molecule has 3 heteroatoms. The van der Waals surface area contributed by atoms with Crippen LogP contribution < -0.4 is 10.6 Å². The predicted octanol–water partition coefficient (Wildman–Crippen LogP) is 3.02. The molecule has 2 N–H and O–H groups in total. The van der Waals surface area contributed by atoms with Gasteiger partial charge in [0.2, 0.25) is 5.91 Å². The number of aryl methyl sites for hydroxylation is 2. The van der Waals surface area contributed by atoms with Crippen LogP contribution in [0.15, 0.2) is 18.2 Å². The van der Waals surface area contributed by atoms with Crippen LogP contribution in [0.2, 0.25) is 0 Å². The lowest BCUT2D eigenvalue weighted by molar-refractivity contribution is -0.120. The zero-order chi connectivity index (χ0) is 13.5. The van der Waals surface area contributed by atoms with Gasteiger partial charge in [0, 0.05) is 11.7 Å². The standard InChI is InChI=1S/C15H24N2O/c1-5-7-13(4)17-14(18)10-16-15-11(2)8-6-9-12(15)3/h6,8-9,13,16H,5,7,10H2,1-4H3,(H,17,18). The number of anilines is 1. The van der Waals surface area contributed by atoms with Gasteiger partial charge in [-0.1, -0.05) is 31.5 Å². The molecule has 0 aliphatic rings. The highest BCUT2D eigenvalue weighted by Crippen LogP contribution is 2.18. The maximum Gasteiger partial charge on any atom is 0.239 e. The van der Waals surface area contributed by atoms with E-state index in [1.807, 2.05) is 39.0 Å². The minimum Gasteiger partial charge on any atom is -0.376 e. The number of para-hydroxylation sites is 1. The van der Waals surface area contributed by atoms with E-state index in [2.05, 4.69) is 17.6 Å². The van der Waals surface area contributed by atoms with E-state index in [-0.39, 0.29) is 11.9 Å². The van der Waals surface area contributed by atoms with Crippen molar-refractivity contribution in [1.82, 2.24) is 5.32 Å². The van der Waals surface area contributed by atoms with E-state index in [0.717, 1.165) is 18.5 Å². The van der Waals surface area contributed by atoms with Crippen molar-refractivity contribution in [3.05, 3.63) is 29.3 Å². The topological polar surface area (TPSA) is 41.1 Å². The van der Waals surface area contributed by atoms with Gasteiger partial charge in [-0.05, 0) is 38.3 Å². The first-order valence-corrected chi connectivity index (χ1v) is 6.64. The molecule has 0 bridgehead atoms. The van der Waals surface area contributed by atoms with Crippen LogP contribution >= 0.6 is 0 Å². The van der Waals surface area contributed by atoms with E-state index in [1.165, 1.54) is 11.1 Å². The average Bonchev–Trinajstić information content (AvgIpc) is 2.28. The molecule has 0 heterocycles. The summed E-state index contributed by atoms with van der Waals surface area (Å²) < 4.78 is 0. The Bertz CT molecular complexity index is 381. The van der Waals surface area contributed by atoms with Crippen molar-refractivity contribution in [2.75, 3.05) is 11.9 Å². The maximum atomic E-state index is 11.8. The highest BCUT2D eigenvalue weighted by Gasteiger charge is 2.07. The van der Waals surface area contributed by atoms with Gasteiger partial charge in [-0.3, -0.25) is 4.79 Å². The summed E-state index contributed by atoms with van der Waals surface area (Å²) in [6.45, 7) is 8.59. The summed E-state index contributed by atoms with van der Waals surface area (Å²) in [7, 11) is 0. The molecule has 3 nitrogen and oxygen atoms in total. The molecule has 0 radical (unpaired) electrons. The van der Waals surface area contributed by atoms with Crippen molar-refractivity contribution >= 4 is 11.6 Å². The zero-order valence-electron chi connectivity index (χ0n) is 11.8. The Balaban J connectivity index is 2.48. The molecule has 1 amide bonds. The molecule has 1 aromatic carbocycles. The van der Waals surface area contributed by atoms with Gasteiger partial charge in [0.25, 0.3) is 0 Å². The van der Waals surface area contributed by atoms with Crippen LogP contribution in [0.5, 0.6) is 0 Å². The second-order valence-electron chi connectivity index (χ2n) is 4.88. The quantitative estimate of drug-likeness (QED) is 0.812. The summed E-state index contributed by atoms with van der Waals surface area (Å²) in [6, 6.07) is 6.38. The number of nitrogens with one attached hydrogen (secondary N) is 2. The van der Waals surface area contributed by atoms with Crippen LogP contribution in [0.1, 0.15) is 37.8 Å². The van der Waals surface area contributed by atoms with Crippen LogP contribution in [-0.4, -0.2) is 18.5 Å². The number of carbonyl (C=O) groups is 1. The fraction of sp³-hybridized carbons (Fsp3) is 0.533. The molecule has 0 saturated carbocycles. The Kier molecular flexibility index (Phi) is 5.69. The lowest BCUT2D eigenvalue weighted by Crippen LogP contribution is -2.36. The first-order valence-electron chi connectivity index (χ1n) is 6.64. The molecular weight excluding hydrogens is 224 g/mol. The molecule has 1 rings (SSSR count). The SMILES string of the molecule is CCCC(C)NC(=O)CNc1c(C)cccc1C. The van der Waals surface area contributed by atoms with Crippen LogP contribution in [0.25, 0.3) is 0 Å². The largest absolute Gasteiger partial charge is 0.376 e. The monoisotopic (exact) mass is 248 g/mol. The third-order valence-electron chi connectivity index (χ3n) is 3.04. The average molecular weight is 248 g/mol. The first kappa shape index (κ1) is 14.6. The Labute approximate surface area is 110 Å². The van der Waals surface area contributed by atoms with E-state index >= 15 is 0 Å². The van der Waals surface area contributed by atoms with Gasteiger partial charge in [0.15, 0.2) is 0 Å². The van der Waals surface area contributed by atoms with E-state index in [0.29, 0.717) is 6.54 Å². The van der Waals surface area contributed by atoms with Crippen molar-refractivity contribution < 1.29 is 4.79 Å². The molecule has 0 aromatic heterocycles. The number of rotatable bonds is 6. The number of hydrogen-bond acceptors (Lipinski definition) is 2. The third-order valence-corrected chi connectivity index (χ3v) is 3.04. The van der Waals surface area contributed by atoms with Gasteiger partial charge < -0.3 is 10.6 Å². The molecule has 0 saturated heterocycles. The third kappa shape index (κ3) is 4.40. The number of benzene rings is 1. The highest BCUT2D eigenvalue weighted by molar-refractivity contribution is 5.81. The van der Waals surface area contributed by atoms with Crippen molar-refractivity contribution in [2.45, 2.75) is 46.6 Å². The summed E-state index contributed by atoms with van der Waals surface area (Å²) in [4.78, 5) is 11.8. The van der Waals surface area contributed by atoms with E-state index in [4.69, 9.17) is 0 Å². The second kappa shape index (κ2) is 7.04. The summed E-state index contributed by atoms with van der Waals surface area (Å²) >= 11 is 0. The van der Waals surface area contributed by atoms with Crippen LogP contribution in [0.3, 0.4) is 0 Å². The van der Waals surface area contributed by atoms with Gasteiger partial charge in [-0.2, -0.15) is 0 Å². The Hall–Kier alpha value is -1.51. The van der Waals surface area contributed by atoms with Gasteiger partial charge in [0.05, 0.1) is 6.54 Å². The molecule has 18 heavy (non-hydrogen) atoms. The Morgan fingerprint density at radius 3 is 2.44 bits per heavy atom. The van der Waals surface area contributed by atoms with E-state index in [9.17, 15) is 4.79 Å². The number of carbonyl (C=O) groups excluding carboxylic acids is 1. The lowest BCUT2D eigenvalue weighted by Gasteiger charge is -2.15. The molecule has 0 aliphatic heterocycles. The number of amides is 1. The fourth-order valence-corrected chi connectivity index (χ4v) is 2.09. The lowest BCUT2D eigenvalue weighted by atomic mass is 10.1. The van der Waals surface area contributed by atoms with Crippen molar-refractivity contribution in [2.24, 2.45) is 0 Å². The van der Waals surface area contributed by atoms with Gasteiger partial charge in [-0.15, -0.1) is 0 Å². The molecule has 1 atom stereocenters. The smallest absolute Gasteiger partial charge is 0.239 e. The molecule has 1 unspecified atom stereocenters. The minimum absolute atomic E-state index is 0.0543. The van der Waals surface area contributed by atoms with Gasteiger partial charge >= 0.3 is 0 Å². The zero-order valence-corrected chi connectivity index (χ0v) is 11.8. The molecule has 0 aliphatic carbocycles. The molecule has 0 spiro atoms. The van der Waals surface area contributed by atoms with E-state index in [1.54, 1.807) is 0 Å². The molecular formula is C15H24N2O. The summed E-state index contributed by atoms with van der Waals surface area (Å²) in [6.07, 6.45) is 2.11. The second-order valence-corrected chi connectivity index (χ2v) is 4.88. The fourth-order valence-electron chi connectivity index (χ4n) is 2.09. The summed E-state index contributed by atoms with van der Waals surface area (Å²) in [5.74, 6) is 0.0543. The van der Waals surface area contributed by atoms with Gasteiger partial charge in [-0.25, -0.2) is 0 Å². The summed E-state index contributed by atoms with van der Waals surface area (Å²) in [5.41, 5.74) is 3.41. The minimum atomic E-state index is 0.0543. The van der Waals surface area contributed by atoms with Crippen molar-refractivity contribution in [3.8, 4) is 0 Å². The molecule has 1 aromatic rings. The van der Waals surface area contributed by atoms with E-state index < -0.39 is 0 Å². The van der Waals surface area contributed by atoms with Crippen molar-refractivity contribution in [1.29, 1.82) is 0 Å². The Morgan fingerprint density at radius 1 is 1.28 bits per heavy atom. The summed E-state index contributed by atoms with van der Waals surface area (Å²) in [5, 5.41) is 6.20. The maximum absolute atomic E-state index is 11.8. The molecule has 0 fully saturated rings. The highest BCUT2D eigenvalue weighted by atomic mass is 16.1. The number of hydrogen-bond donors (Lipinski definition) is 2. The van der Waals surface area contributed by atoms with Crippen LogP contribution in [0.4, 0.5) is 5.69 Å². The normalized spacial score (nSPS) is 12.0. The molecule has 100 valence electrons. The van der Waals surface area contributed by atoms with Gasteiger partial charge in [0.1, 0.15) is 0 Å². The van der Waals surface area contributed by atoms with Crippen molar-refractivity contribution in [3.63, 3.8) is 0 Å².